The predicted molar refractivity (Wildman–Crippen MR) is 108 cm³/mol. The number of phenols is 1. The Morgan fingerprint density at radius 2 is 2.00 bits per heavy atom. The van der Waals surface area contributed by atoms with Crippen molar-refractivity contribution in [2.24, 2.45) is 5.10 Å². The Hall–Kier alpha value is -2.33. The molecule has 3 N–H and O–H groups in total. The number of aryl methyl sites for hydroxylation is 1. The van der Waals surface area contributed by atoms with Crippen LogP contribution in [0.3, 0.4) is 0 Å². The van der Waals surface area contributed by atoms with E-state index in [2.05, 4.69) is 15.8 Å². The second-order valence-corrected chi connectivity index (χ2v) is 6.74. The van der Waals surface area contributed by atoms with Gasteiger partial charge in [0.05, 0.1) is 16.9 Å². The molecular formula is C17H15ClIN3O4. The van der Waals surface area contributed by atoms with Gasteiger partial charge in [-0.3, -0.25) is 9.59 Å². The molecule has 0 bridgehead atoms. The van der Waals surface area contributed by atoms with Gasteiger partial charge >= 0.3 is 11.8 Å². The number of anilines is 1. The van der Waals surface area contributed by atoms with E-state index >= 15 is 0 Å². The minimum atomic E-state index is -0.932. The highest BCUT2D eigenvalue weighted by Crippen LogP contribution is 2.31. The van der Waals surface area contributed by atoms with Gasteiger partial charge in [-0.15, -0.1) is 0 Å². The van der Waals surface area contributed by atoms with Crippen LogP contribution in [0.1, 0.15) is 11.1 Å². The quantitative estimate of drug-likeness (QED) is 0.267. The van der Waals surface area contributed by atoms with Crippen LogP contribution in [0, 0.1) is 10.5 Å². The second kappa shape index (κ2) is 8.86. The van der Waals surface area contributed by atoms with Gasteiger partial charge in [0.2, 0.25) is 0 Å². The van der Waals surface area contributed by atoms with Gasteiger partial charge in [0, 0.05) is 10.7 Å². The fraction of sp³-hybridized carbons (Fsp3) is 0.118. The summed E-state index contributed by atoms with van der Waals surface area (Å²) in [5, 5.41) is 16.4. The lowest BCUT2D eigenvalue weighted by Gasteiger charge is -2.07. The lowest BCUT2D eigenvalue weighted by molar-refractivity contribution is -0.136. The highest BCUT2D eigenvalue weighted by molar-refractivity contribution is 14.1. The molecule has 26 heavy (non-hydrogen) atoms. The van der Waals surface area contributed by atoms with E-state index in [0.29, 0.717) is 19.8 Å². The molecule has 0 aliphatic heterocycles. The lowest BCUT2D eigenvalue weighted by Crippen LogP contribution is -2.32. The van der Waals surface area contributed by atoms with Crippen molar-refractivity contribution >= 4 is 57.9 Å². The number of carbonyl (C=O) groups is 2. The van der Waals surface area contributed by atoms with E-state index < -0.39 is 11.8 Å². The summed E-state index contributed by atoms with van der Waals surface area (Å²) in [4.78, 5) is 23.7. The van der Waals surface area contributed by atoms with Crippen LogP contribution in [-0.4, -0.2) is 30.2 Å². The monoisotopic (exact) mass is 487 g/mol. The average Bonchev–Trinajstić information content (AvgIpc) is 2.60. The fourth-order valence-electron chi connectivity index (χ4n) is 1.90. The molecule has 0 spiro atoms. The van der Waals surface area contributed by atoms with Crippen molar-refractivity contribution in [1.29, 1.82) is 0 Å². The number of benzene rings is 2. The summed E-state index contributed by atoms with van der Waals surface area (Å²) in [5.74, 6) is -1.51. The Kier molecular flexibility index (Phi) is 6.81. The highest BCUT2D eigenvalue weighted by atomic mass is 127. The Morgan fingerprint density at radius 3 is 2.65 bits per heavy atom. The number of carbonyl (C=O) groups excluding carboxylic acids is 2. The maximum absolute atomic E-state index is 11.9. The van der Waals surface area contributed by atoms with Gasteiger partial charge < -0.3 is 15.2 Å². The maximum atomic E-state index is 11.9. The first kappa shape index (κ1) is 20.0. The van der Waals surface area contributed by atoms with Crippen molar-refractivity contribution in [2.75, 3.05) is 12.4 Å². The summed E-state index contributed by atoms with van der Waals surface area (Å²) in [6, 6.07) is 8.11. The molecule has 136 valence electrons. The Labute approximate surface area is 168 Å². The Bertz CT molecular complexity index is 887. The maximum Gasteiger partial charge on any atom is 0.329 e. The number of methoxy groups -OCH3 is 1. The molecule has 0 aromatic heterocycles. The van der Waals surface area contributed by atoms with Crippen LogP contribution in [0.2, 0.25) is 5.02 Å². The molecule has 0 fully saturated rings. The van der Waals surface area contributed by atoms with Crippen LogP contribution in [0.15, 0.2) is 35.4 Å². The summed E-state index contributed by atoms with van der Waals surface area (Å²) in [7, 11) is 1.43. The summed E-state index contributed by atoms with van der Waals surface area (Å²) >= 11 is 7.91. The fourth-order valence-corrected chi connectivity index (χ4v) is 2.70. The van der Waals surface area contributed by atoms with Gasteiger partial charge in [0.15, 0.2) is 11.5 Å². The summed E-state index contributed by atoms with van der Waals surface area (Å²) in [6.07, 6.45) is 1.33. The molecule has 0 saturated heterocycles. The van der Waals surface area contributed by atoms with Gasteiger partial charge in [-0.05, 0) is 64.9 Å². The molecule has 9 heteroatoms. The minimum absolute atomic E-state index is 0.0189. The van der Waals surface area contributed by atoms with Crippen LogP contribution >= 0.6 is 34.2 Å². The number of hydrogen-bond donors (Lipinski definition) is 3. The van der Waals surface area contributed by atoms with Gasteiger partial charge in [0.25, 0.3) is 0 Å². The number of hydrazone groups is 1. The van der Waals surface area contributed by atoms with Gasteiger partial charge in [-0.25, -0.2) is 5.43 Å². The Balaban J connectivity index is 1.99. The van der Waals surface area contributed by atoms with Crippen molar-refractivity contribution in [3.05, 3.63) is 50.1 Å². The van der Waals surface area contributed by atoms with Gasteiger partial charge in [-0.1, -0.05) is 17.7 Å². The second-order valence-electron chi connectivity index (χ2n) is 5.17. The highest BCUT2D eigenvalue weighted by Gasteiger charge is 2.13. The molecule has 0 aliphatic carbocycles. The molecule has 2 amide bonds. The zero-order valence-electron chi connectivity index (χ0n) is 13.8. The number of hydrogen-bond acceptors (Lipinski definition) is 5. The molecule has 0 unspecified atom stereocenters. The molecule has 2 aromatic carbocycles. The SMILES string of the molecule is COc1cc(/C=N\NC(=O)C(=O)Nc2ccc(C)c(Cl)c2)cc(I)c1O. The van der Waals surface area contributed by atoms with Crippen molar-refractivity contribution in [3.8, 4) is 11.5 Å². The standard InChI is InChI=1S/C17H15ClIN3O4/c1-9-3-4-11(7-12(9)18)21-16(24)17(25)22-20-8-10-5-13(19)15(23)14(6-10)26-2/h3-8,23H,1-2H3,(H,21,24)(H,22,25)/b20-8-. The first-order valence-corrected chi connectivity index (χ1v) is 8.74. The van der Waals surface area contributed by atoms with Crippen LogP contribution in [0.5, 0.6) is 11.5 Å². The Morgan fingerprint density at radius 1 is 1.27 bits per heavy atom. The van der Waals surface area contributed by atoms with E-state index in [4.69, 9.17) is 16.3 Å². The van der Waals surface area contributed by atoms with Crippen molar-refractivity contribution < 1.29 is 19.4 Å². The van der Waals surface area contributed by atoms with Gasteiger partial charge in [-0.2, -0.15) is 5.10 Å². The molecule has 7 nitrogen and oxygen atoms in total. The van der Waals surface area contributed by atoms with E-state index in [-0.39, 0.29) is 11.5 Å². The first-order chi connectivity index (χ1) is 12.3. The smallest absolute Gasteiger partial charge is 0.329 e. The first-order valence-electron chi connectivity index (χ1n) is 7.29. The molecule has 0 radical (unpaired) electrons. The van der Waals surface area contributed by atoms with E-state index in [1.54, 1.807) is 30.3 Å². The van der Waals surface area contributed by atoms with E-state index in [9.17, 15) is 14.7 Å². The molecule has 2 rings (SSSR count). The lowest BCUT2D eigenvalue weighted by atomic mass is 10.2. The van der Waals surface area contributed by atoms with Crippen LogP contribution in [0.25, 0.3) is 0 Å². The number of ether oxygens (including phenoxy) is 1. The zero-order valence-corrected chi connectivity index (χ0v) is 16.8. The third-order valence-electron chi connectivity index (χ3n) is 3.29. The van der Waals surface area contributed by atoms with Crippen LogP contribution in [-0.2, 0) is 9.59 Å². The zero-order chi connectivity index (χ0) is 19.3. The van der Waals surface area contributed by atoms with Crippen molar-refractivity contribution in [2.45, 2.75) is 6.92 Å². The summed E-state index contributed by atoms with van der Waals surface area (Å²) < 4.78 is 5.60. The number of halogens is 2. The molecule has 0 aliphatic rings. The third kappa shape index (κ3) is 5.09. The molecule has 2 aromatic rings. The van der Waals surface area contributed by atoms with Gasteiger partial charge in [0.1, 0.15) is 0 Å². The largest absolute Gasteiger partial charge is 0.504 e. The number of nitrogens with zero attached hydrogens (tertiary/aromatic N) is 1. The van der Waals surface area contributed by atoms with Crippen molar-refractivity contribution in [1.82, 2.24) is 5.43 Å². The van der Waals surface area contributed by atoms with Crippen molar-refractivity contribution in [3.63, 3.8) is 0 Å². The number of nitrogens with one attached hydrogen (secondary N) is 2. The van der Waals surface area contributed by atoms with E-state index in [1.165, 1.54) is 13.3 Å². The number of aromatic hydroxyl groups is 1. The summed E-state index contributed by atoms with van der Waals surface area (Å²) in [6.45, 7) is 1.83. The number of rotatable bonds is 4. The van der Waals surface area contributed by atoms with E-state index in [1.807, 2.05) is 29.5 Å². The van der Waals surface area contributed by atoms with Crippen LogP contribution in [0.4, 0.5) is 5.69 Å². The molecular weight excluding hydrogens is 473 g/mol. The summed E-state index contributed by atoms with van der Waals surface area (Å²) in [5.41, 5.74) is 3.97. The van der Waals surface area contributed by atoms with Crippen LogP contribution < -0.4 is 15.5 Å². The topological polar surface area (TPSA) is 100 Å². The minimum Gasteiger partial charge on any atom is -0.504 e. The molecule has 0 heterocycles. The normalized spacial score (nSPS) is 10.6. The molecule has 0 atom stereocenters. The predicted octanol–water partition coefficient (Wildman–Crippen LogP) is 3.06. The third-order valence-corrected chi connectivity index (χ3v) is 4.52. The number of amides is 2. The number of phenolic OH excluding ortho intramolecular Hbond substituents is 1. The molecule has 0 saturated carbocycles. The van der Waals surface area contributed by atoms with E-state index in [0.717, 1.165) is 5.56 Å². The average molecular weight is 488 g/mol.